The van der Waals surface area contributed by atoms with Gasteiger partial charge in [-0.3, -0.25) is 0 Å². The quantitative estimate of drug-likeness (QED) is 0.644. The Morgan fingerprint density at radius 1 is 1.08 bits per heavy atom. The maximum atomic E-state index is 11.2. The first-order valence-electron chi connectivity index (χ1n) is 10.0. The smallest absolute Gasteiger partial charge is 0.0958 e. The summed E-state index contributed by atoms with van der Waals surface area (Å²) in [4.78, 5) is 0. The van der Waals surface area contributed by atoms with Gasteiger partial charge in [0.15, 0.2) is 0 Å². The molecule has 24 heavy (non-hydrogen) atoms. The van der Waals surface area contributed by atoms with E-state index >= 15 is 0 Å². The lowest BCUT2D eigenvalue weighted by atomic mass is 9.46. The standard InChI is InChI=1S/C21H34O3/c1-13(22)21(24)11-8-18-16-5-4-14-12-15(23)6-9-19(14,2)17(16)7-10-20(18,21)3/h4,13,15-18,22-24H,5-12H2,1-3H3/t13-,15?,16+,17-,18-,19-,20-,21-/m0/s1. The van der Waals surface area contributed by atoms with Crippen LogP contribution in [0, 0.1) is 28.6 Å². The molecule has 0 aromatic carbocycles. The van der Waals surface area contributed by atoms with E-state index in [-0.39, 0.29) is 16.9 Å². The second-order valence-electron chi connectivity index (χ2n) is 9.75. The maximum absolute atomic E-state index is 11.2. The molecule has 0 spiro atoms. The molecule has 1 unspecified atom stereocenters. The fourth-order valence-corrected chi connectivity index (χ4v) is 7.38. The van der Waals surface area contributed by atoms with Crippen LogP contribution in [0.1, 0.15) is 72.1 Å². The third-order valence-corrected chi connectivity index (χ3v) is 8.98. The van der Waals surface area contributed by atoms with Crippen molar-refractivity contribution in [1.29, 1.82) is 0 Å². The molecule has 0 aliphatic heterocycles. The van der Waals surface area contributed by atoms with Gasteiger partial charge in [-0.1, -0.05) is 25.5 Å². The van der Waals surface area contributed by atoms with Gasteiger partial charge in [0.1, 0.15) is 0 Å². The van der Waals surface area contributed by atoms with Crippen LogP contribution in [0.3, 0.4) is 0 Å². The minimum atomic E-state index is -0.920. The number of aliphatic hydroxyl groups is 3. The fraction of sp³-hybridized carbons (Fsp3) is 0.905. The van der Waals surface area contributed by atoms with Crippen molar-refractivity contribution in [2.45, 2.75) is 89.9 Å². The zero-order valence-electron chi connectivity index (χ0n) is 15.5. The van der Waals surface area contributed by atoms with Crippen LogP contribution in [0.15, 0.2) is 11.6 Å². The van der Waals surface area contributed by atoms with Gasteiger partial charge >= 0.3 is 0 Å². The average molecular weight is 335 g/mol. The summed E-state index contributed by atoms with van der Waals surface area (Å²) in [7, 11) is 0. The molecule has 8 atom stereocenters. The zero-order chi connectivity index (χ0) is 17.3. The van der Waals surface area contributed by atoms with E-state index in [0.29, 0.717) is 17.8 Å². The molecule has 0 amide bonds. The van der Waals surface area contributed by atoms with E-state index < -0.39 is 11.7 Å². The Morgan fingerprint density at radius 3 is 2.50 bits per heavy atom. The summed E-state index contributed by atoms with van der Waals surface area (Å²) in [5, 5.41) is 31.6. The fourth-order valence-electron chi connectivity index (χ4n) is 7.38. The number of aliphatic hydroxyl groups excluding tert-OH is 2. The van der Waals surface area contributed by atoms with E-state index in [9.17, 15) is 15.3 Å². The van der Waals surface area contributed by atoms with Crippen molar-refractivity contribution >= 4 is 0 Å². The SMILES string of the molecule is C[C@H](O)[C@@]1(O)CC[C@H]2[C@@H]3CC=C4CC(O)CC[C@]4(C)[C@H]3CC[C@@]21C. The van der Waals surface area contributed by atoms with E-state index in [1.165, 1.54) is 5.57 Å². The first-order chi connectivity index (χ1) is 11.2. The van der Waals surface area contributed by atoms with Gasteiger partial charge in [0.2, 0.25) is 0 Å². The molecule has 3 N–H and O–H groups in total. The van der Waals surface area contributed by atoms with Crippen molar-refractivity contribution in [2.75, 3.05) is 0 Å². The Morgan fingerprint density at radius 2 is 1.79 bits per heavy atom. The van der Waals surface area contributed by atoms with Crippen LogP contribution in [-0.2, 0) is 0 Å². The molecule has 4 aliphatic rings. The highest BCUT2D eigenvalue weighted by Crippen LogP contribution is 2.67. The van der Waals surface area contributed by atoms with Gasteiger partial charge < -0.3 is 15.3 Å². The Labute approximate surface area is 146 Å². The third-order valence-electron chi connectivity index (χ3n) is 8.98. The molecule has 0 aromatic heterocycles. The molecule has 3 nitrogen and oxygen atoms in total. The van der Waals surface area contributed by atoms with Crippen molar-refractivity contribution in [2.24, 2.45) is 28.6 Å². The topological polar surface area (TPSA) is 60.7 Å². The molecule has 0 saturated heterocycles. The Balaban J connectivity index is 1.68. The monoisotopic (exact) mass is 334 g/mol. The molecular weight excluding hydrogens is 300 g/mol. The lowest BCUT2D eigenvalue weighted by molar-refractivity contribution is -0.170. The normalized spacial score (nSPS) is 55.2. The van der Waals surface area contributed by atoms with Gasteiger partial charge in [-0.05, 0) is 81.5 Å². The summed E-state index contributed by atoms with van der Waals surface area (Å²) in [5.74, 6) is 1.82. The van der Waals surface area contributed by atoms with Crippen molar-refractivity contribution in [3.8, 4) is 0 Å². The van der Waals surface area contributed by atoms with Crippen LogP contribution in [0.2, 0.25) is 0 Å². The first-order valence-corrected chi connectivity index (χ1v) is 10.0. The minimum Gasteiger partial charge on any atom is -0.393 e. The molecule has 0 bridgehead atoms. The molecule has 3 fully saturated rings. The highest BCUT2D eigenvalue weighted by molar-refractivity contribution is 5.26. The predicted octanol–water partition coefficient (Wildman–Crippen LogP) is 3.42. The molecule has 0 radical (unpaired) electrons. The Bertz CT molecular complexity index is 555. The lowest BCUT2D eigenvalue weighted by Gasteiger charge is -2.59. The highest BCUT2D eigenvalue weighted by Gasteiger charge is 2.64. The van der Waals surface area contributed by atoms with Crippen LogP contribution < -0.4 is 0 Å². The summed E-state index contributed by atoms with van der Waals surface area (Å²) < 4.78 is 0. The minimum absolute atomic E-state index is 0.151. The number of rotatable bonds is 1. The number of allylic oxidation sites excluding steroid dienone is 1. The number of hydrogen-bond donors (Lipinski definition) is 3. The van der Waals surface area contributed by atoms with Crippen molar-refractivity contribution in [3.63, 3.8) is 0 Å². The highest BCUT2D eigenvalue weighted by atomic mass is 16.3. The van der Waals surface area contributed by atoms with Gasteiger partial charge in [0.05, 0.1) is 17.8 Å². The van der Waals surface area contributed by atoms with Crippen LogP contribution in [0.5, 0.6) is 0 Å². The largest absolute Gasteiger partial charge is 0.393 e. The summed E-state index contributed by atoms with van der Waals surface area (Å²) in [6, 6.07) is 0. The van der Waals surface area contributed by atoms with Crippen LogP contribution in [0.4, 0.5) is 0 Å². The zero-order valence-corrected chi connectivity index (χ0v) is 15.5. The molecule has 4 aliphatic carbocycles. The van der Waals surface area contributed by atoms with Gasteiger partial charge in [-0.25, -0.2) is 0 Å². The number of hydrogen-bond acceptors (Lipinski definition) is 3. The molecular formula is C21H34O3. The molecule has 136 valence electrons. The van der Waals surface area contributed by atoms with E-state index in [1.54, 1.807) is 6.92 Å². The van der Waals surface area contributed by atoms with Crippen LogP contribution >= 0.6 is 0 Å². The summed E-state index contributed by atoms with van der Waals surface area (Å²) >= 11 is 0. The van der Waals surface area contributed by atoms with Gasteiger partial charge in [-0.2, -0.15) is 0 Å². The van der Waals surface area contributed by atoms with Crippen LogP contribution in [0.25, 0.3) is 0 Å². The van der Waals surface area contributed by atoms with Crippen molar-refractivity contribution < 1.29 is 15.3 Å². The van der Waals surface area contributed by atoms with E-state index in [2.05, 4.69) is 19.9 Å². The van der Waals surface area contributed by atoms with Gasteiger partial charge in [-0.15, -0.1) is 0 Å². The van der Waals surface area contributed by atoms with Crippen molar-refractivity contribution in [1.82, 2.24) is 0 Å². The molecule has 0 heterocycles. The van der Waals surface area contributed by atoms with Gasteiger partial charge in [0.25, 0.3) is 0 Å². The van der Waals surface area contributed by atoms with Crippen molar-refractivity contribution in [3.05, 3.63) is 11.6 Å². The maximum Gasteiger partial charge on any atom is 0.0958 e. The second-order valence-corrected chi connectivity index (χ2v) is 9.75. The van der Waals surface area contributed by atoms with Gasteiger partial charge in [0, 0.05) is 5.41 Å². The summed E-state index contributed by atoms with van der Waals surface area (Å²) in [6.45, 7) is 6.43. The summed E-state index contributed by atoms with van der Waals surface area (Å²) in [6.07, 6.45) is 9.56. The average Bonchev–Trinajstić information content (AvgIpc) is 2.81. The molecule has 4 rings (SSSR count). The number of fused-ring (bicyclic) bond motifs is 5. The summed E-state index contributed by atoms with van der Waals surface area (Å²) in [5.41, 5.74) is 0.665. The molecule has 3 saturated carbocycles. The Hall–Kier alpha value is -0.380. The Kier molecular flexibility index (Phi) is 3.77. The van der Waals surface area contributed by atoms with Crippen LogP contribution in [-0.4, -0.2) is 33.1 Å². The third kappa shape index (κ3) is 2.01. The second kappa shape index (κ2) is 5.31. The predicted molar refractivity (Wildman–Crippen MR) is 94.3 cm³/mol. The van der Waals surface area contributed by atoms with E-state index in [1.807, 2.05) is 0 Å². The van der Waals surface area contributed by atoms with E-state index in [0.717, 1.165) is 51.4 Å². The van der Waals surface area contributed by atoms with E-state index in [4.69, 9.17) is 0 Å². The molecule has 0 aromatic rings. The first kappa shape index (κ1) is 17.1. The lowest BCUT2D eigenvalue weighted by Crippen LogP contribution is -2.58. The molecule has 3 heteroatoms.